The van der Waals surface area contributed by atoms with Gasteiger partial charge in [0.25, 0.3) is 0 Å². The third-order valence-corrected chi connectivity index (χ3v) is 5.03. The zero-order valence-electron chi connectivity index (χ0n) is 11.5. The Morgan fingerprint density at radius 2 is 2.35 bits per heavy atom. The Morgan fingerprint density at radius 1 is 1.35 bits per heavy atom. The molecule has 0 saturated carbocycles. The van der Waals surface area contributed by atoms with Crippen molar-refractivity contribution in [3.05, 3.63) is 36.3 Å². The van der Waals surface area contributed by atoms with E-state index >= 15 is 0 Å². The van der Waals surface area contributed by atoms with E-state index in [1.165, 1.54) is 30.6 Å². The first kappa shape index (κ1) is 13.6. The van der Waals surface area contributed by atoms with Crippen LogP contribution in [0.5, 0.6) is 0 Å². The molecule has 0 amide bonds. The molecule has 1 fully saturated rings. The predicted octanol–water partition coefficient (Wildman–Crippen LogP) is 2.85. The quantitative estimate of drug-likeness (QED) is 0.888. The molecular formula is C15H20N4S. The zero-order valence-corrected chi connectivity index (χ0v) is 12.3. The molecule has 0 aliphatic carbocycles. The topological polar surface area (TPSA) is 53.6 Å². The van der Waals surface area contributed by atoms with Crippen LogP contribution in [0.3, 0.4) is 0 Å². The number of hydrogen-bond donors (Lipinski definition) is 2. The van der Waals surface area contributed by atoms with Crippen LogP contribution in [0.15, 0.2) is 30.7 Å². The van der Waals surface area contributed by atoms with Crippen molar-refractivity contribution in [3.63, 3.8) is 0 Å². The van der Waals surface area contributed by atoms with Gasteiger partial charge in [0.15, 0.2) is 0 Å². The van der Waals surface area contributed by atoms with Gasteiger partial charge >= 0.3 is 0 Å². The van der Waals surface area contributed by atoms with Gasteiger partial charge in [-0.3, -0.25) is 10.1 Å². The molecule has 0 aromatic carbocycles. The number of hydrogen-bond acceptors (Lipinski definition) is 4. The first-order chi connectivity index (χ1) is 9.93. The lowest BCUT2D eigenvalue weighted by molar-refractivity contribution is 0.598. The van der Waals surface area contributed by atoms with Crippen LogP contribution >= 0.6 is 11.8 Å². The van der Waals surface area contributed by atoms with Gasteiger partial charge in [-0.25, -0.2) is 0 Å². The molecule has 1 aliphatic rings. The monoisotopic (exact) mass is 288 g/mol. The Bertz CT molecular complexity index is 520. The van der Waals surface area contributed by atoms with Gasteiger partial charge in [0.2, 0.25) is 0 Å². The standard InChI is InChI=1S/C15H20N4S/c1-2-7-20-14(5-1)11-17-9-13-10-18-19-15(13)12-4-3-6-16-8-12/h3-4,6,8,10,14,17H,1-2,5,7,9,11H2,(H,18,19). The summed E-state index contributed by atoms with van der Waals surface area (Å²) in [5.74, 6) is 1.32. The van der Waals surface area contributed by atoms with Crippen molar-refractivity contribution in [2.45, 2.75) is 31.1 Å². The molecule has 1 unspecified atom stereocenters. The molecule has 2 N–H and O–H groups in total. The van der Waals surface area contributed by atoms with Crippen LogP contribution < -0.4 is 5.32 Å². The molecule has 0 bridgehead atoms. The number of pyridine rings is 1. The number of nitrogens with zero attached hydrogens (tertiary/aromatic N) is 2. The molecule has 4 nitrogen and oxygen atoms in total. The summed E-state index contributed by atoms with van der Waals surface area (Å²) >= 11 is 2.11. The fraction of sp³-hybridized carbons (Fsp3) is 0.467. The second-order valence-corrected chi connectivity index (χ2v) is 6.54. The van der Waals surface area contributed by atoms with E-state index in [9.17, 15) is 0 Å². The molecule has 1 saturated heterocycles. The van der Waals surface area contributed by atoms with Crippen LogP contribution in [0.1, 0.15) is 24.8 Å². The third kappa shape index (κ3) is 3.41. The number of H-pyrrole nitrogens is 1. The van der Waals surface area contributed by atoms with Gasteiger partial charge < -0.3 is 5.32 Å². The lowest BCUT2D eigenvalue weighted by atomic mass is 10.1. The minimum atomic E-state index is 0.775. The summed E-state index contributed by atoms with van der Waals surface area (Å²) < 4.78 is 0. The average molecular weight is 288 g/mol. The van der Waals surface area contributed by atoms with Gasteiger partial charge in [-0.15, -0.1) is 0 Å². The molecule has 3 heterocycles. The van der Waals surface area contributed by atoms with Gasteiger partial charge in [-0.05, 0) is 30.7 Å². The number of rotatable bonds is 5. The highest BCUT2D eigenvalue weighted by molar-refractivity contribution is 7.99. The summed E-state index contributed by atoms with van der Waals surface area (Å²) in [6, 6.07) is 4.01. The molecule has 0 spiro atoms. The van der Waals surface area contributed by atoms with E-state index in [4.69, 9.17) is 0 Å². The minimum Gasteiger partial charge on any atom is -0.311 e. The molecular weight excluding hydrogens is 268 g/mol. The summed E-state index contributed by atoms with van der Waals surface area (Å²) in [6.07, 6.45) is 9.67. The highest BCUT2D eigenvalue weighted by Crippen LogP contribution is 2.24. The van der Waals surface area contributed by atoms with E-state index in [0.717, 1.165) is 29.6 Å². The summed E-state index contributed by atoms with van der Waals surface area (Å²) in [7, 11) is 0. The van der Waals surface area contributed by atoms with Crippen molar-refractivity contribution in [2.24, 2.45) is 0 Å². The lowest BCUT2D eigenvalue weighted by Gasteiger charge is -2.21. The van der Waals surface area contributed by atoms with Crippen LogP contribution in [-0.2, 0) is 6.54 Å². The van der Waals surface area contributed by atoms with E-state index in [-0.39, 0.29) is 0 Å². The predicted molar refractivity (Wildman–Crippen MR) is 83.6 cm³/mol. The van der Waals surface area contributed by atoms with Gasteiger partial charge in [0, 0.05) is 41.9 Å². The summed E-state index contributed by atoms with van der Waals surface area (Å²) in [5.41, 5.74) is 3.37. The van der Waals surface area contributed by atoms with Crippen LogP contribution in [0.4, 0.5) is 0 Å². The molecule has 2 aromatic rings. The van der Waals surface area contributed by atoms with Crippen molar-refractivity contribution in [1.82, 2.24) is 20.5 Å². The number of aromatic amines is 1. The second-order valence-electron chi connectivity index (χ2n) is 5.13. The average Bonchev–Trinajstić information content (AvgIpc) is 2.98. The second kappa shape index (κ2) is 6.90. The number of nitrogens with one attached hydrogen (secondary N) is 2. The fourth-order valence-corrected chi connectivity index (χ4v) is 3.82. The van der Waals surface area contributed by atoms with Crippen molar-refractivity contribution < 1.29 is 0 Å². The Hall–Kier alpha value is -1.33. The Labute approximate surface area is 123 Å². The first-order valence-electron chi connectivity index (χ1n) is 7.18. The Kier molecular flexibility index (Phi) is 4.71. The van der Waals surface area contributed by atoms with Gasteiger partial charge in [0.05, 0.1) is 11.9 Å². The smallest absolute Gasteiger partial charge is 0.0710 e. The molecule has 0 radical (unpaired) electrons. The maximum Gasteiger partial charge on any atom is 0.0710 e. The van der Waals surface area contributed by atoms with Crippen molar-refractivity contribution in [3.8, 4) is 11.3 Å². The van der Waals surface area contributed by atoms with Crippen LogP contribution in [0.2, 0.25) is 0 Å². The fourth-order valence-electron chi connectivity index (χ4n) is 2.54. The summed E-state index contributed by atoms with van der Waals surface area (Å²) in [6.45, 7) is 1.94. The van der Waals surface area contributed by atoms with E-state index in [0.29, 0.717) is 0 Å². The Morgan fingerprint density at radius 3 is 3.15 bits per heavy atom. The van der Waals surface area contributed by atoms with E-state index in [1.807, 2.05) is 18.5 Å². The normalized spacial score (nSPS) is 19.1. The summed E-state index contributed by atoms with van der Waals surface area (Å²) in [5, 5.41) is 11.6. The zero-order chi connectivity index (χ0) is 13.6. The highest BCUT2D eigenvalue weighted by atomic mass is 32.2. The van der Waals surface area contributed by atoms with E-state index < -0.39 is 0 Å². The van der Waals surface area contributed by atoms with Crippen molar-refractivity contribution in [1.29, 1.82) is 0 Å². The van der Waals surface area contributed by atoms with E-state index in [1.54, 1.807) is 6.20 Å². The summed E-state index contributed by atoms with van der Waals surface area (Å²) in [4.78, 5) is 4.16. The van der Waals surface area contributed by atoms with Gasteiger partial charge in [-0.2, -0.15) is 16.9 Å². The Balaban J connectivity index is 1.57. The highest BCUT2D eigenvalue weighted by Gasteiger charge is 2.14. The third-order valence-electron chi connectivity index (χ3n) is 3.63. The van der Waals surface area contributed by atoms with Crippen LogP contribution in [0.25, 0.3) is 11.3 Å². The molecule has 3 rings (SSSR count). The number of thioether (sulfide) groups is 1. The molecule has 1 aliphatic heterocycles. The largest absolute Gasteiger partial charge is 0.311 e. The molecule has 20 heavy (non-hydrogen) atoms. The van der Waals surface area contributed by atoms with Crippen LogP contribution in [-0.4, -0.2) is 32.7 Å². The van der Waals surface area contributed by atoms with E-state index in [2.05, 4.69) is 38.3 Å². The maximum absolute atomic E-state index is 4.17. The molecule has 2 aromatic heterocycles. The molecule has 1 atom stereocenters. The van der Waals surface area contributed by atoms with Crippen LogP contribution in [0, 0.1) is 0 Å². The number of aromatic nitrogens is 3. The van der Waals surface area contributed by atoms with Gasteiger partial charge in [-0.1, -0.05) is 6.42 Å². The van der Waals surface area contributed by atoms with Crippen molar-refractivity contribution >= 4 is 11.8 Å². The van der Waals surface area contributed by atoms with Crippen molar-refractivity contribution in [2.75, 3.05) is 12.3 Å². The maximum atomic E-state index is 4.17. The minimum absolute atomic E-state index is 0.775. The lowest BCUT2D eigenvalue weighted by Crippen LogP contribution is -2.26. The molecule has 5 heteroatoms. The SMILES string of the molecule is c1cncc(-c2[nH]ncc2CNCC2CCCCS2)c1. The van der Waals surface area contributed by atoms with Gasteiger partial charge in [0.1, 0.15) is 0 Å². The first-order valence-corrected chi connectivity index (χ1v) is 8.23. The molecule has 106 valence electrons.